The highest BCUT2D eigenvalue weighted by atomic mass is 35.5. The van der Waals surface area contributed by atoms with Crippen LogP contribution in [0.5, 0.6) is 0 Å². The van der Waals surface area contributed by atoms with E-state index in [9.17, 15) is 5.11 Å². The van der Waals surface area contributed by atoms with E-state index >= 15 is 0 Å². The summed E-state index contributed by atoms with van der Waals surface area (Å²) in [5.74, 6) is 0.667. The Kier molecular flexibility index (Phi) is 8.84. The predicted molar refractivity (Wildman–Crippen MR) is 103 cm³/mol. The number of halogens is 2. The zero-order chi connectivity index (χ0) is 18.2. The van der Waals surface area contributed by atoms with E-state index in [-0.39, 0.29) is 12.1 Å². The molecule has 136 valence electrons. The van der Waals surface area contributed by atoms with E-state index in [4.69, 9.17) is 23.2 Å². The third kappa shape index (κ3) is 8.73. The van der Waals surface area contributed by atoms with Crippen LogP contribution in [0.2, 0.25) is 10.0 Å². The summed E-state index contributed by atoms with van der Waals surface area (Å²) in [6.07, 6.45) is -0.760. The van der Waals surface area contributed by atoms with Gasteiger partial charge in [-0.05, 0) is 51.5 Å². The molecule has 0 saturated carbocycles. The second kappa shape index (κ2) is 10.1. The van der Waals surface area contributed by atoms with Crippen LogP contribution in [0.4, 0.5) is 0 Å². The Hall–Kier alpha value is -1.01. The van der Waals surface area contributed by atoms with Gasteiger partial charge in [-0.15, -0.1) is 0 Å². The Labute approximate surface area is 154 Å². The van der Waals surface area contributed by atoms with Gasteiger partial charge in [-0.3, -0.25) is 4.99 Å². The smallest absolute Gasteiger partial charge is 0.191 e. The molecule has 1 atom stereocenters. The Morgan fingerprint density at radius 1 is 1.12 bits per heavy atom. The molecular weight excluding hydrogens is 347 g/mol. The molecule has 0 spiro atoms. The molecule has 1 aromatic rings. The molecule has 0 aliphatic carbocycles. The summed E-state index contributed by atoms with van der Waals surface area (Å²) in [6.45, 7) is 10.9. The van der Waals surface area contributed by atoms with Crippen molar-refractivity contribution < 1.29 is 5.11 Å². The molecule has 1 unspecified atom stereocenters. The van der Waals surface area contributed by atoms with Gasteiger partial charge in [0, 0.05) is 35.2 Å². The normalized spacial score (nSPS) is 13.7. The minimum absolute atomic E-state index is 0.0826. The number of aliphatic hydroxyl groups excluding tert-OH is 1. The molecule has 0 amide bonds. The summed E-state index contributed by atoms with van der Waals surface area (Å²) in [5, 5.41) is 21.1. The third-order valence-electron chi connectivity index (χ3n) is 3.11. The fraction of sp³-hybridized carbons (Fsp3) is 0.588. The SMILES string of the molecule is CCNC(=NCC(O)c1cc(Cl)cc(Cl)c1)NCCNC(C)(C)C. The fourth-order valence-corrected chi connectivity index (χ4v) is 2.55. The van der Waals surface area contributed by atoms with Crippen LogP contribution in [0.3, 0.4) is 0 Å². The lowest BCUT2D eigenvalue weighted by Crippen LogP contribution is -2.44. The Morgan fingerprint density at radius 3 is 2.29 bits per heavy atom. The van der Waals surface area contributed by atoms with Gasteiger partial charge in [-0.2, -0.15) is 0 Å². The highest BCUT2D eigenvalue weighted by Gasteiger charge is 2.10. The van der Waals surface area contributed by atoms with Crippen molar-refractivity contribution in [3.05, 3.63) is 33.8 Å². The predicted octanol–water partition coefficient (Wildman–Crippen LogP) is 2.97. The van der Waals surface area contributed by atoms with Gasteiger partial charge >= 0.3 is 0 Å². The van der Waals surface area contributed by atoms with Crippen LogP contribution in [0.1, 0.15) is 39.4 Å². The highest BCUT2D eigenvalue weighted by molar-refractivity contribution is 6.34. The topological polar surface area (TPSA) is 68.7 Å². The van der Waals surface area contributed by atoms with Crippen molar-refractivity contribution in [1.29, 1.82) is 0 Å². The minimum atomic E-state index is -0.760. The molecule has 1 rings (SSSR count). The van der Waals surface area contributed by atoms with Crippen molar-refractivity contribution >= 4 is 29.2 Å². The maximum atomic E-state index is 10.3. The van der Waals surface area contributed by atoms with E-state index in [1.165, 1.54) is 0 Å². The van der Waals surface area contributed by atoms with Gasteiger partial charge in [-0.25, -0.2) is 0 Å². The lowest BCUT2D eigenvalue weighted by molar-refractivity contribution is 0.187. The van der Waals surface area contributed by atoms with Gasteiger partial charge in [0.25, 0.3) is 0 Å². The van der Waals surface area contributed by atoms with Crippen molar-refractivity contribution in [2.45, 2.75) is 39.3 Å². The fourth-order valence-electron chi connectivity index (χ4n) is 2.01. The summed E-state index contributed by atoms with van der Waals surface area (Å²) in [5.41, 5.74) is 0.737. The van der Waals surface area contributed by atoms with Crippen LogP contribution in [-0.2, 0) is 0 Å². The Morgan fingerprint density at radius 2 is 1.75 bits per heavy atom. The molecule has 5 nitrogen and oxygen atoms in total. The van der Waals surface area contributed by atoms with Crippen molar-refractivity contribution in [3.63, 3.8) is 0 Å². The summed E-state index contributed by atoms with van der Waals surface area (Å²) in [7, 11) is 0. The highest BCUT2D eigenvalue weighted by Crippen LogP contribution is 2.23. The maximum Gasteiger partial charge on any atom is 0.191 e. The van der Waals surface area contributed by atoms with Crippen LogP contribution in [-0.4, -0.2) is 42.8 Å². The molecule has 0 bridgehead atoms. The van der Waals surface area contributed by atoms with E-state index in [0.717, 1.165) is 19.6 Å². The number of nitrogens with one attached hydrogen (secondary N) is 3. The van der Waals surface area contributed by atoms with Crippen LogP contribution in [0.15, 0.2) is 23.2 Å². The van der Waals surface area contributed by atoms with Crippen LogP contribution < -0.4 is 16.0 Å². The van der Waals surface area contributed by atoms with Crippen LogP contribution in [0, 0.1) is 0 Å². The molecule has 0 aliphatic rings. The van der Waals surface area contributed by atoms with Crippen LogP contribution >= 0.6 is 23.2 Å². The molecule has 7 heteroatoms. The van der Waals surface area contributed by atoms with Crippen molar-refractivity contribution in [1.82, 2.24) is 16.0 Å². The molecule has 0 aromatic heterocycles. The second-order valence-electron chi connectivity index (χ2n) is 6.54. The first-order valence-electron chi connectivity index (χ1n) is 8.12. The van der Waals surface area contributed by atoms with Gasteiger partial charge in [0.2, 0.25) is 0 Å². The van der Waals surface area contributed by atoms with E-state index in [2.05, 4.69) is 41.7 Å². The molecule has 0 saturated heterocycles. The number of aliphatic imine (C=N–C) groups is 1. The number of rotatable bonds is 7. The molecule has 0 aliphatic heterocycles. The number of aliphatic hydroxyl groups is 1. The first-order valence-corrected chi connectivity index (χ1v) is 8.88. The molecule has 0 fully saturated rings. The summed E-state index contributed by atoms with van der Waals surface area (Å²) < 4.78 is 0. The monoisotopic (exact) mass is 374 g/mol. The van der Waals surface area contributed by atoms with Gasteiger partial charge in [0.1, 0.15) is 0 Å². The maximum absolute atomic E-state index is 10.3. The van der Waals surface area contributed by atoms with E-state index in [1.807, 2.05) is 6.92 Å². The largest absolute Gasteiger partial charge is 0.386 e. The van der Waals surface area contributed by atoms with Gasteiger partial charge in [-0.1, -0.05) is 23.2 Å². The van der Waals surface area contributed by atoms with Gasteiger partial charge in [0.05, 0.1) is 12.6 Å². The van der Waals surface area contributed by atoms with E-state index < -0.39 is 6.10 Å². The van der Waals surface area contributed by atoms with Gasteiger partial charge in [0.15, 0.2) is 5.96 Å². The lowest BCUT2D eigenvalue weighted by atomic mass is 10.1. The molecule has 0 heterocycles. The average molecular weight is 375 g/mol. The van der Waals surface area contributed by atoms with Crippen molar-refractivity contribution in [2.24, 2.45) is 4.99 Å². The standard InChI is InChI=1S/C17H28Cl2N4O/c1-5-20-16(21-6-7-23-17(2,3)4)22-11-15(24)12-8-13(18)10-14(19)9-12/h8-10,15,23-24H,5-7,11H2,1-4H3,(H2,20,21,22). The summed E-state index contributed by atoms with van der Waals surface area (Å²) in [6, 6.07) is 5.03. The molecular formula is C17H28Cl2N4O. The molecule has 24 heavy (non-hydrogen) atoms. The zero-order valence-electron chi connectivity index (χ0n) is 14.8. The lowest BCUT2D eigenvalue weighted by Gasteiger charge is -2.21. The van der Waals surface area contributed by atoms with E-state index in [1.54, 1.807) is 18.2 Å². The molecule has 4 N–H and O–H groups in total. The first kappa shape index (κ1) is 21.0. The number of hydrogen-bond donors (Lipinski definition) is 4. The average Bonchev–Trinajstić information content (AvgIpc) is 2.46. The summed E-state index contributed by atoms with van der Waals surface area (Å²) >= 11 is 11.9. The van der Waals surface area contributed by atoms with Crippen LogP contribution in [0.25, 0.3) is 0 Å². The van der Waals surface area contributed by atoms with Crippen molar-refractivity contribution in [3.8, 4) is 0 Å². The summed E-state index contributed by atoms with van der Waals surface area (Å²) in [4.78, 5) is 4.41. The number of hydrogen-bond acceptors (Lipinski definition) is 3. The molecule has 0 radical (unpaired) electrons. The Bertz CT molecular complexity index is 524. The second-order valence-corrected chi connectivity index (χ2v) is 7.41. The number of guanidine groups is 1. The van der Waals surface area contributed by atoms with Crippen molar-refractivity contribution in [2.75, 3.05) is 26.2 Å². The number of nitrogens with zero attached hydrogens (tertiary/aromatic N) is 1. The quantitative estimate of drug-likeness (QED) is 0.336. The van der Waals surface area contributed by atoms with Gasteiger partial charge < -0.3 is 21.1 Å². The third-order valence-corrected chi connectivity index (χ3v) is 3.55. The number of benzene rings is 1. The first-order chi connectivity index (χ1) is 11.2. The molecule has 1 aromatic carbocycles. The minimum Gasteiger partial charge on any atom is -0.386 e. The zero-order valence-corrected chi connectivity index (χ0v) is 16.3. The Balaban J connectivity index is 2.57. The van der Waals surface area contributed by atoms with E-state index in [0.29, 0.717) is 21.6 Å².